The number of halogens is 3. The highest BCUT2D eigenvalue weighted by Gasteiger charge is 2.22. The quantitative estimate of drug-likeness (QED) is 0.652. The lowest BCUT2D eigenvalue weighted by atomic mass is 10.4. The van der Waals surface area contributed by atoms with Crippen LogP contribution in [0.3, 0.4) is 0 Å². The molecule has 0 bridgehead atoms. The highest BCUT2D eigenvalue weighted by molar-refractivity contribution is 9.11. The van der Waals surface area contributed by atoms with Crippen LogP contribution >= 0.6 is 47.8 Å². The summed E-state index contributed by atoms with van der Waals surface area (Å²) in [5.74, 6) is 0. The fourth-order valence-corrected chi connectivity index (χ4v) is 5.47. The molecule has 0 heterocycles. The Bertz CT molecular complexity index is 696. The molecule has 0 fully saturated rings. The molecule has 0 radical (unpaired) electrons. The summed E-state index contributed by atoms with van der Waals surface area (Å²) in [4.78, 5) is 0.505. The van der Waals surface area contributed by atoms with Crippen LogP contribution in [0.2, 0.25) is 0 Å². The molecule has 6 heteroatoms. The average molecular weight is 455 g/mol. The molecule has 0 aliphatic heterocycles. The van der Waals surface area contributed by atoms with Crippen molar-refractivity contribution in [2.75, 3.05) is 0 Å². The van der Waals surface area contributed by atoms with E-state index in [0.29, 0.717) is 8.95 Å². The van der Waals surface area contributed by atoms with Crippen molar-refractivity contribution in [1.29, 1.82) is 0 Å². The topological polar surface area (TPSA) is 34.1 Å². The average Bonchev–Trinajstić information content (AvgIpc) is 2.28. The van der Waals surface area contributed by atoms with E-state index < -0.39 is 9.84 Å². The van der Waals surface area contributed by atoms with Gasteiger partial charge in [0.05, 0.1) is 9.79 Å². The largest absolute Gasteiger partial charge is 0.218 e. The first-order chi connectivity index (χ1) is 8.43. The number of hydrogen-bond donors (Lipinski definition) is 0. The molecule has 0 aromatic heterocycles. The van der Waals surface area contributed by atoms with Crippen molar-refractivity contribution in [3.8, 4) is 0 Å². The summed E-state index contributed by atoms with van der Waals surface area (Å²) in [5.41, 5.74) is 0. The summed E-state index contributed by atoms with van der Waals surface area (Å²) in [6.07, 6.45) is 0. The summed E-state index contributed by atoms with van der Waals surface area (Å²) in [6, 6.07) is 11.7. The summed E-state index contributed by atoms with van der Waals surface area (Å²) in [7, 11) is -3.53. The third-order valence-corrected chi connectivity index (χ3v) is 6.55. The maximum Gasteiger partial charge on any atom is 0.208 e. The Morgan fingerprint density at radius 1 is 0.778 bits per heavy atom. The van der Waals surface area contributed by atoms with Crippen molar-refractivity contribution in [2.24, 2.45) is 0 Å². The van der Waals surface area contributed by atoms with Gasteiger partial charge in [-0.05, 0) is 62.2 Å². The molecular weight excluding hydrogens is 448 g/mol. The van der Waals surface area contributed by atoms with E-state index in [2.05, 4.69) is 47.8 Å². The second-order valence-corrected chi connectivity index (χ2v) is 8.02. The van der Waals surface area contributed by atoms with E-state index in [9.17, 15) is 8.42 Å². The molecule has 0 atom stereocenters. The minimum absolute atomic E-state index is 0.248. The molecule has 0 N–H and O–H groups in total. The fourth-order valence-electron chi connectivity index (χ4n) is 1.47. The lowest BCUT2D eigenvalue weighted by Gasteiger charge is -2.08. The molecule has 94 valence electrons. The molecular formula is C12H7Br3O2S. The van der Waals surface area contributed by atoms with E-state index in [0.717, 1.165) is 4.47 Å². The summed E-state index contributed by atoms with van der Waals surface area (Å²) in [5, 5.41) is 0. The molecule has 2 nitrogen and oxygen atoms in total. The van der Waals surface area contributed by atoms with E-state index in [4.69, 9.17) is 0 Å². The van der Waals surface area contributed by atoms with Gasteiger partial charge in [-0.2, -0.15) is 0 Å². The SMILES string of the molecule is O=S(=O)(c1ccccc1Br)c1ccc(Br)cc1Br. The highest BCUT2D eigenvalue weighted by Crippen LogP contribution is 2.33. The molecule has 0 spiro atoms. The minimum Gasteiger partial charge on any atom is -0.218 e. The van der Waals surface area contributed by atoms with Crippen LogP contribution in [-0.4, -0.2) is 8.42 Å². The van der Waals surface area contributed by atoms with Crippen molar-refractivity contribution in [1.82, 2.24) is 0 Å². The predicted molar refractivity (Wildman–Crippen MR) is 81.4 cm³/mol. The Hall–Kier alpha value is -0.170. The zero-order chi connectivity index (χ0) is 13.3. The van der Waals surface area contributed by atoms with Crippen molar-refractivity contribution in [3.05, 3.63) is 55.9 Å². The van der Waals surface area contributed by atoms with Crippen LogP contribution in [0, 0.1) is 0 Å². The van der Waals surface area contributed by atoms with Crippen LogP contribution < -0.4 is 0 Å². The summed E-state index contributed by atoms with van der Waals surface area (Å²) < 4.78 is 26.9. The zero-order valence-electron chi connectivity index (χ0n) is 8.90. The lowest BCUT2D eigenvalue weighted by Crippen LogP contribution is -2.03. The van der Waals surface area contributed by atoms with Crippen molar-refractivity contribution in [2.45, 2.75) is 9.79 Å². The van der Waals surface area contributed by atoms with Crippen molar-refractivity contribution in [3.63, 3.8) is 0 Å². The zero-order valence-corrected chi connectivity index (χ0v) is 14.5. The maximum absolute atomic E-state index is 12.5. The first-order valence-corrected chi connectivity index (χ1v) is 8.74. The normalized spacial score (nSPS) is 11.5. The number of rotatable bonds is 2. The Labute approximate surface area is 131 Å². The van der Waals surface area contributed by atoms with Crippen LogP contribution in [0.5, 0.6) is 0 Å². The van der Waals surface area contributed by atoms with Gasteiger partial charge in [0.2, 0.25) is 9.84 Å². The van der Waals surface area contributed by atoms with Crippen LogP contribution in [0.25, 0.3) is 0 Å². The Kier molecular flexibility index (Phi) is 4.31. The first-order valence-electron chi connectivity index (χ1n) is 4.87. The Morgan fingerprint density at radius 2 is 1.39 bits per heavy atom. The van der Waals surface area contributed by atoms with E-state index in [1.54, 1.807) is 42.5 Å². The molecule has 0 aliphatic carbocycles. The molecule has 0 saturated carbocycles. The third kappa shape index (κ3) is 2.71. The van der Waals surface area contributed by atoms with Crippen molar-refractivity contribution < 1.29 is 8.42 Å². The van der Waals surface area contributed by atoms with Gasteiger partial charge < -0.3 is 0 Å². The second kappa shape index (κ2) is 5.45. The molecule has 2 aromatic carbocycles. The predicted octanol–water partition coefficient (Wildman–Crippen LogP) is 4.81. The number of hydrogen-bond acceptors (Lipinski definition) is 2. The standard InChI is InChI=1S/C12H7Br3O2S/c13-8-5-6-12(10(15)7-8)18(16,17)11-4-2-1-3-9(11)14/h1-7H. The fraction of sp³-hybridized carbons (Fsp3) is 0. The minimum atomic E-state index is -3.53. The molecule has 0 saturated heterocycles. The second-order valence-electron chi connectivity index (χ2n) is 3.51. The van der Waals surface area contributed by atoms with Gasteiger partial charge in [-0.3, -0.25) is 0 Å². The smallest absolute Gasteiger partial charge is 0.208 e. The van der Waals surface area contributed by atoms with Gasteiger partial charge >= 0.3 is 0 Å². The van der Waals surface area contributed by atoms with Gasteiger partial charge in [0.15, 0.2) is 0 Å². The maximum atomic E-state index is 12.5. The first kappa shape index (κ1) is 14.2. The van der Waals surface area contributed by atoms with Gasteiger partial charge in [0.25, 0.3) is 0 Å². The van der Waals surface area contributed by atoms with Crippen LogP contribution in [0.4, 0.5) is 0 Å². The van der Waals surface area contributed by atoms with Gasteiger partial charge in [-0.1, -0.05) is 28.1 Å². The van der Waals surface area contributed by atoms with E-state index in [1.165, 1.54) is 0 Å². The van der Waals surface area contributed by atoms with E-state index >= 15 is 0 Å². The third-order valence-electron chi connectivity index (χ3n) is 2.31. The number of benzene rings is 2. The molecule has 0 amide bonds. The van der Waals surface area contributed by atoms with Crippen LogP contribution in [0.15, 0.2) is 65.7 Å². The Balaban J connectivity index is 2.66. The molecule has 0 aliphatic rings. The van der Waals surface area contributed by atoms with Gasteiger partial charge in [-0.15, -0.1) is 0 Å². The summed E-state index contributed by atoms with van der Waals surface area (Å²) in [6.45, 7) is 0. The highest BCUT2D eigenvalue weighted by atomic mass is 79.9. The van der Waals surface area contributed by atoms with Gasteiger partial charge in [0.1, 0.15) is 0 Å². The van der Waals surface area contributed by atoms with Crippen LogP contribution in [0.1, 0.15) is 0 Å². The van der Waals surface area contributed by atoms with E-state index in [-0.39, 0.29) is 9.79 Å². The summed E-state index contributed by atoms with van der Waals surface area (Å²) >= 11 is 9.84. The van der Waals surface area contributed by atoms with Gasteiger partial charge in [0, 0.05) is 13.4 Å². The van der Waals surface area contributed by atoms with Gasteiger partial charge in [-0.25, -0.2) is 8.42 Å². The molecule has 18 heavy (non-hydrogen) atoms. The monoisotopic (exact) mass is 452 g/mol. The molecule has 2 aromatic rings. The molecule has 2 rings (SSSR count). The Morgan fingerprint density at radius 3 is 2.00 bits per heavy atom. The molecule has 0 unspecified atom stereocenters. The van der Waals surface area contributed by atoms with Crippen LogP contribution in [-0.2, 0) is 9.84 Å². The van der Waals surface area contributed by atoms with E-state index in [1.807, 2.05) is 0 Å². The van der Waals surface area contributed by atoms with Crippen molar-refractivity contribution >= 4 is 57.6 Å². The number of sulfone groups is 1. The lowest BCUT2D eigenvalue weighted by molar-refractivity contribution is 0.595.